The van der Waals surface area contributed by atoms with Crippen molar-refractivity contribution < 1.29 is 14.3 Å². The van der Waals surface area contributed by atoms with Gasteiger partial charge in [-0.1, -0.05) is 6.07 Å². The maximum Gasteiger partial charge on any atom is 0.200 e. The number of carbonyl (C=O) groups is 2. The summed E-state index contributed by atoms with van der Waals surface area (Å²) in [6, 6.07) is 4.97. The summed E-state index contributed by atoms with van der Waals surface area (Å²) in [5.41, 5.74) is 0.724. The van der Waals surface area contributed by atoms with Crippen molar-refractivity contribution >= 4 is 27.5 Å². The molecule has 0 spiro atoms. The van der Waals surface area contributed by atoms with Crippen molar-refractivity contribution in [2.75, 3.05) is 7.11 Å². The zero-order valence-corrected chi connectivity index (χ0v) is 9.50. The van der Waals surface area contributed by atoms with Crippen molar-refractivity contribution in [3.63, 3.8) is 0 Å². The summed E-state index contributed by atoms with van der Waals surface area (Å²) in [5, 5.41) is 0. The quantitative estimate of drug-likeness (QED) is 0.784. The van der Waals surface area contributed by atoms with Crippen molar-refractivity contribution in [2.24, 2.45) is 0 Å². The molecule has 1 aromatic rings. The van der Waals surface area contributed by atoms with Crippen LogP contribution >= 0.6 is 15.9 Å². The average molecular weight is 267 g/mol. The summed E-state index contributed by atoms with van der Waals surface area (Å²) in [4.78, 5) is 23.4. The molecular weight excluding hydrogens is 260 g/mol. The number of fused-ring (bicyclic) bond motifs is 1. The third kappa shape index (κ3) is 1.51. The molecule has 1 aliphatic carbocycles. The Bertz CT molecular complexity index is 489. The van der Waals surface area contributed by atoms with Crippen LogP contribution in [0.2, 0.25) is 0 Å². The first-order valence-electron chi connectivity index (χ1n) is 4.28. The number of ketones is 2. The molecule has 3 nitrogen and oxygen atoms in total. The predicted octanol–water partition coefficient (Wildman–Crippen LogP) is 2.35. The van der Waals surface area contributed by atoms with Gasteiger partial charge in [-0.25, -0.2) is 0 Å². The summed E-state index contributed by atoms with van der Waals surface area (Å²) < 4.78 is 5.33. The van der Waals surface area contributed by atoms with E-state index in [1.165, 1.54) is 13.2 Å². The van der Waals surface area contributed by atoms with Crippen LogP contribution in [0.15, 0.2) is 28.8 Å². The molecule has 0 radical (unpaired) electrons. The number of hydrogen-bond donors (Lipinski definition) is 0. The predicted molar refractivity (Wildman–Crippen MR) is 58.7 cm³/mol. The molecule has 0 heterocycles. The molecule has 0 aromatic heterocycles. The Hall–Kier alpha value is -1.42. The SMILES string of the molecule is COc1cccc2c1C(=O)C=C(Br)C2=O. The molecule has 0 saturated heterocycles. The second-order valence-corrected chi connectivity index (χ2v) is 3.92. The van der Waals surface area contributed by atoms with Crippen molar-refractivity contribution in [3.8, 4) is 5.75 Å². The number of carbonyl (C=O) groups excluding carboxylic acids is 2. The monoisotopic (exact) mass is 266 g/mol. The van der Waals surface area contributed by atoms with E-state index in [9.17, 15) is 9.59 Å². The van der Waals surface area contributed by atoms with Crippen LogP contribution in [-0.4, -0.2) is 18.7 Å². The highest BCUT2D eigenvalue weighted by molar-refractivity contribution is 9.12. The zero-order chi connectivity index (χ0) is 11.0. The van der Waals surface area contributed by atoms with Crippen LogP contribution < -0.4 is 4.74 Å². The van der Waals surface area contributed by atoms with E-state index in [2.05, 4.69) is 15.9 Å². The lowest BCUT2D eigenvalue weighted by molar-refractivity contribution is 0.0989. The summed E-state index contributed by atoms with van der Waals surface area (Å²) in [6.45, 7) is 0. The Labute approximate surface area is 94.9 Å². The van der Waals surface area contributed by atoms with Gasteiger partial charge in [0.1, 0.15) is 5.75 Å². The van der Waals surface area contributed by atoms with Gasteiger partial charge in [0.15, 0.2) is 5.78 Å². The molecule has 0 bridgehead atoms. The van der Waals surface area contributed by atoms with Gasteiger partial charge in [0.2, 0.25) is 5.78 Å². The number of ether oxygens (including phenoxy) is 1. The Balaban J connectivity index is 2.71. The van der Waals surface area contributed by atoms with Gasteiger partial charge < -0.3 is 4.74 Å². The van der Waals surface area contributed by atoms with Crippen LogP contribution in [0, 0.1) is 0 Å². The molecule has 4 heteroatoms. The second kappa shape index (κ2) is 3.62. The van der Waals surface area contributed by atoms with Crippen molar-refractivity contribution in [1.82, 2.24) is 0 Å². The molecule has 1 aliphatic rings. The molecule has 0 unspecified atom stereocenters. The van der Waals surface area contributed by atoms with E-state index in [0.717, 1.165) is 0 Å². The van der Waals surface area contributed by atoms with Crippen LogP contribution in [0.5, 0.6) is 5.75 Å². The minimum atomic E-state index is -0.214. The number of rotatable bonds is 1. The lowest BCUT2D eigenvalue weighted by atomic mass is 9.94. The van der Waals surface area contributed by atoms with E-state index in [4.69, 9.17) is 4.74 Å². The molecular formula is C11H7BrO3. The summed E-state index contributed by atoms with van der Waals surface area (Å²) in [5.74, 6) is 0.0273. The second-order valence-electron chi connectivity index (χ2n) is 3.07. The van der Waals surface area contributed by atoms with Crippen molar-refractivity contribution in [1.29, 1.82) is 0 Å². The van der Waals surface area contributed by atoms with Gasteiger partial charge >= 0.3 is 0 Å². The number of hydrogen-bond acceptors (Lipinski definition) is 3. The highest BCUT2D eigenvalue weighted by atomic mass is 79.9. The largest absolute Gasteiger partial charge is 0.496 e. The molecule has 0 aliphatic heterocycles. The fourth-order valence-electron chi connectivity index (χ4n) is 1.53. The van der Waals surface area contributed by atoms with Gasteiger partial charge in [-0.3, -0.25) is 9.59 Å². The third-order valence-corrected chi connectivity index (χ3v) is 2.80. The molecule has 0 fully saturated rings. The van der Waals surface area contributed by atoms with Gasteiger partial charge in [0.25, 0.3) is 0 Å². The summed E-state index contributed by atoms with van der Waals surface area (Å²) in [7, 11) is 1.47. The van der Waals surface area contributed by atoms with Gasteiger partial charge in [-0.2, -0.15) is 0 Å². The number of methoxy groups -OCH3 is 1. The minimum Gasteiger partial charge on any atom is -0.496 e. The smallest absolute Gasteiger partial charge is 0.200 e. The average Bonchev–Trinajstić information content (AvgIpc) is 2.25. The van der Waals surface area contributed by atoms with Crippen LogP contribution in [0.1, 0.15) is 20.7 Å². The van der Waals surface area contributed by atoms with Gasteiger partial charge in [0, 0.05) is 11.6 Å². The Morgan fingerprint density at radius 1 is 1.27 bits per heavy atom. The Morgan fingerprint density at radius 3 is 2.67 bits per heavy atom. The first-order chi connectivity index (χ1) is 7.15. The Kier molecular flexibility index (Phi) is 2.44. The number of benzene rings is 1. The van der Waals surface area contributed by atoms with Crippen LogP contribution in [0.25, 0.3) is 0 Å². The van der Waals surface area contributed by atoms with Crippen LogP contribution in [0.3, 0.4) is 0 Å². The van der Waals surface area contributed by atoms with Crippen molar-refractivity contribution in [3.05, 3.63) is 39.9 Å². The molecule has 0 atom stereocenters. The lowest BCUT2D eigenvalue weighted by Gasteiger charge is -2.14. The minimum absolute atomic E-state index is 0.191. The van der Waals surface area contributed by atoms with E-state index in [-0.39, 0.29) is 16.0 Å². The number of halogens is 1. The van der Waals surface area contributed by atoms with Gasteiger partial charge in [-0.15, -0.1) is 0 Å². The topological polar surface area (TPSA) is 43.4 Å². The van der Waals surface area contributed by atoms with E-state index >= 15 is 0 Å². The highest BCUT2D eigenvalue weighted by Crippen LogP contribution is 2.30. The van der Waals surface area contributed by atoms with Gasteiger partial charge in [-0.05, 0) is 28.1 Å². The Morgan fingerprint density at radius 2 is 2.00 bits per heavy atom. The fraction of sp³-hybridized carbons (Fsp3) is 0.0909. The van der Waals surface area contributed by atoms with Gasteiger partial charge in [0.05, 0.1) is 17.2 Å². The molecule has 0 saturated carbocycles. The third-order valence-electron chi connectivity index (χ3n) is 2.21. The molecule has 2 rings (SSSR count). The lowest BCUT2D eigenvalue weighted by Crippen LogP contribution is -2.15. The first kappa shape index (κ1) is 10.1. The van der Waals surface area contributed by atoms with Crippen LogP contribution in [-0.2, 0) is 0 Å². The summed E-state index contributed by atoms with van der Waals surface area (Å²) in [6.07, 6.45) is 1.27. The summed E-state index contributed by atoms with van der Waals surface area (Å²) >= 11 is 3.06. The zero-order valence-electron chi connectivity index (χ0n) is 7.91. The highest BCUT2D eigenvalue weighted by Gasteiger charge is 2.26. The van der Waals surface area contributed by atoms with E-state index in [0.29, 0.717) is 16.9 Å². The molecule has 15 heavy (non-hydrogen) atoms. The van der Waals surface area contributed by atoms with E-state index in [1.807, 2.05) is 0 Å². The van der Waals surface area contributed by atoms with Crippen molar-refractivity contribution in [2.45, 2.75) is 0 Å². The number of allylic oxidation sites excluding steroid dienone is 2. The maximum atomic E-state index is 11.7. The standard InChI is InChI=1S/C11H7BrO3/c1-15-9-4-2-3-6-10(9)8(13)5-7(12)11(6)14/h2-5H,1H3. The molecule has 0 N–H and O–H groups in total. The van der Waals surface area contributed by atoms with E-state index < -0.39 is 0 Å². The molecule has 0 amide bonds. The number of Topliss-reactive ketones (excluding diaryl/α,β-unsaturated/α-hetero) is 1. The maximum absolute atomic E-state index is 11.7. The first-order valence-corrected chi connectivity index (χ1v) is 5.07. The fourth-order valence-corrected chi connectivity index (χ4v) is 1.95. The molecule has 1 aromatic carbocycles. The van der Waals surface area contributed by atoms with E-state index in [1.54, 1.807) is 18.2 Å². The van der Waals surface area contributed by atoms with Crippen LogP contribution in [0.4, 0.5) is 0 Å². The molecule has 76 valence electrons. The normalized spacial score (nSPS) is 14.7.